The van der Waals surface area contributed by atoms with Crippen LogP contribution in [0.4, 0.5) is 14.9 Å². The van der Waals surface area contributed by atoms with Crippen LogP contribution in [0.2, 0.25) is 0 Å². The largest absolute Gasteiger partial charge is 0.383 e. The molecule has 1 aliphatic heterocycles. The van der Waals surface area contributed by atoms with Crippen molar-refractivity contribution in [1.82, 2.24) is 9.80 Å². The second-order valence-corrected chi connectivity index (χ2v) is 7.45. The molecule has 30 heavy (non-hydrogen) atoms. The summed E-state index contributed by atoms with van der Waals surface area (Å²) in [4.78, 5) is 17.0. The number of likely N-dealkylation sites (tertiary alicyclic amines) is 1. The Kier molecular flexibility index (Phi) is 7.77. The fourth-order valence-electron chi connectivity index (χ4n) is 3.79. The summed E-state index contributed by atoms with van der Waals surface area (Å²) < 4.78 is 18.6. The Balaban J connectivity index is 1.59. The number of halogens is 1. The van der Waals surface area contributed by atoms with E-state index in [1.807, 2.05) is 18.2 Å². The fourth-order valence-corrected chi connectivity index (χ4v) is 3.79. The van der Waals surface area contributed by atoms with Crippen LogP contribution >= 0.6 is 0 Å². The highest BCUT2D eigenvalue weighted by Crippen LogP contribution is 2.20. The lowest BCUT2D eigenvalue weighted by atomic mass is 10.0. The number of nitrogens with one attached hydrogen (secondary N) is 1. The number of carbonyl (C=O) groups excluding carboxylic acids is 1. The van der Waals surface area contributed by atoms with E-state index in [0.717, 1.165) is 38.0 Å². The molecule has 0 atom stereocenters. The van der Waals surface area contributed by atoms with Crippen LogP contribution in [0.3, 0.4) is 0 Å². The Hall–Kier alpha value is -2.95. The van der Waals surface area contributed by atoms with E-state index < -0.39 is 0 Å². The number of urea groups is 1. The smallest absolute Gasteiger partial charge is 0.322 e. The average molecular weight is 410 g/mol. The van der Waals surface area contributed by atoms with E-state index in [2.05, 4.69) is 16.3 Å². The van der Waals surface area contributed by atoms with Gasteiger partial charge in [0.05, 0.1) is 18.2 Å². The highest BCUT2D eigenvalue weighted by atomic mass is 19.1. The predicted molar refractivity (Wildman–Crippen MR) is 113 cm³/mol. The van der Waals surface area contributed by atoms with Gasteiger partial charge in [0.15, 0.2) is 0 Å². The van der Waals surface area contributed by atoms with Crippen LogP contribution in [0.1, 0.15) is 24.0 Å². The van der Waals surface area contributed by atoms with Crippen LogP contribution in [0.15, 0.2) is 48.5 Å². The summed E-state index contributed by atoms with van der Waals surface area (Å²) in [5, 5.41) is 11.9. The molecule has 1 N–H and O–H groups in total. The summed E-state index contributed by atoms with van der Waals surface area (Å²) in [6.07, 6.45) is 1.69. The van der Waals surface area contributed by atoms with Gasteiger partial charge in [-0.3, -0.25) is 4.90 Å². The summed E-state index contributed by atoms with van der Waals surface area (Å²) in [6.45, 7) is 3.43. The zero-order valence-corrected chi connectivity index (χ0v) is 17.2. The van der Waals surface area contributed by atoms with E-state index >= 15 is 0 Å². The Labute approximate surface area is 176 Å². The zero-order chi connectivity index (χ0) is 21.3. The monoisotopic (exact) mass is 410 g/mol. The molecule has 158 valence electrons. The number of nitrogens with zero attached hydrogens (tertiary/aromatic N) is 3. The zero-order valence-electron chi connectivity index (χ0n) is 17.2. The molecule has 2 aromatic carbocycles. The number of piperidine rings is 1. The molecule has 0 radical (unpaired) electrons. The first kappa shape index (κ1) is 21.8. The average Bonchev–Trinajstić information content (AvgIpc) is 2.75. The van der Waals surface area contributed by atoms with Gasteiger partial charge in [-0.2, -0.15) is 5.26 Å². The number of amides is 2. The minimum Gasteiger partial charge on any atom is -0.383 e. The molecule has 1 heterocycles. The maximum absolute atomic E-state index is 13.4. The van der Waals surface area contributed by atoms with E-state index in [-0.39, 0.29) is 17.9 Å². The second-order valence-electron chi connectivity index (χ2n) is 7.45. The predicted octanol–water partition coefficient (Wildman–Crippen LogP) is 3.84. The maximum Gasteiger partial charge on any atom is 0.322 e. The van der Waals surface area contributed by atoms with Crippen molar-refractivity contribution in [3.05, 3.63) is 65.5 Å². The highest BCUT2D eigenvalue weighted by molar-refractivity contribution is 5.89. The van der Waals surface area contributed by atoms with Crippen LogP contribution in [-0.2, 0) is 11.3 Å². The van der Waals surface area contributed by atoms with Crippen molar-refractivity contribution in [2.45, 2.75) is 25.4 Å². The number of anilines is 1. The first-order valence-electron chi connectivity index (χ1n) is 10.1. The van der Waals surface area contributed by atoms with Crippen LogP contribution in [0.25, 0.3) is 0 Å². The Morgan fingerprint density at radius 2 is 2.03 bits per heavy atom. The van der Waals surface area contributed by atoms with Crippen LogP contribution in [-0.4, -0.2) is 55.2 Å². The van der Waals surface area contributed by atoms with Crippen molar-refractivity contribution in [1.29, 1.82) is 5.26 Å². The molecule has 7 heteroatoms. The minimum absolute atomic E-state index is 0.0930. The molecule has 2 aromatic rings. The van der Waals surface area contributed by atoms with E-state index in [0.29, 0.717) is 24.4 Å². The van der Waals surface area contributed by atoms with Gasteiger partial charge in [-0.25, -0.2) is 9.18 Å². The quantitative estimate of drug-likeness (QED) is 0.753. The summed E-state index contributed by atoms with van der Waals surface area (Å²) >= 11 is 0. The molecule has 0 saturated carbocycles. The molecule has 6 nitrogen and oxygen atoms in total. The standard InChI is InChI=1S/C23H27FN4O2/c1-30-13-12-28(23(29)26-21-7-3-6-20(24)15-21)22-8-10-27(11-9-22)17-19-5-2-4-18(14-19)16-25/h2-7,14-15,22H,8-13,17H2,1H3,(H,26,29). The fraction of sp³-hybridized carbons (Fsp3) is 0.391. The molecule has 1 aliphatic rings. The summed E-state index contributed by atoms with van der Waals surface area (Å²) in [7, 11) is 1.61. The lowest BCUT2D eigenvalue weighted by molar-refractivity contribution is 0.0984. The summed E-state index contributed by atoms with van der Waals surface area (Å²) in [6, 6.07) is 15.6. The summed E-state index contributed by atoms with van der Waals surface area (Å²) in [5.74, 6) is -0.384. The first-order chi connectivity index (χ1) is 14.6. The Morgan fingerprint density at radius 3 is 2.73 bits per heavy atom. The van der Waals surface area contributed by atoms with E-state index in [4.69, 9.17) is 10.00 Å². The van der Waals surface area contributed by atoms with Gasteiger partial charge < -0.3 is 15.0 Å². The lowest BCUT2D eigenvalue weighted by Crippen LogP contribution is -2.49. The van der Waals surface area contributed by atoms with Crippen molar-refractivity contribution in [2.24, 2.45) is 0 Å². The Bertz CT molecular complexity index is 891. The van der Waals surface area contributed by atoms with Crippen LogP contribution < -0.4 is 5.32 Å². The lowest BCUT2D eigenvalue weighted by Gasteiger charge is -2.38. The van der Waals surface area contributed by atoms with Gasteiger partial charge >= 0.3 is 6.03 Å². The normalized spacial score (nSPS) is 14.8. The molecular weight excluding hydrogens is 383 g/mol. The van der Waals surface area contributed by atoms with Crippen molar-refractivity contribution < 1.29 is 13.9 Å². The first-order valence-corrected chi connectivity index (χ1v) is 10.1. The topological polar surface area (TPSA) is 68.6 Å². The molecule has 3 rings (SSSR count). The van der Waals surface area contributed by atoms with Crippen molar-refractivity contribution in [3.63, 3.8) is 0 Å². The van der Waals surface area contributed by atoms with E-state index in [9.17, 15) is 9.18 Å². The maximum atomic E-state index is 13.4. The number of rotatable bonds is 7. The third kappa shape index (κ3) is 6.02. The number of methoxy groups -OCH3 is 1. The molecular formula is C23H27FN4O2. The molecule has 2 amide bonds. The van der Waals surface area contributed by atoms with Crippen molar-refractivity contribution in [2.75, 3.05) is 38.7 Å². The van der Waals surface area contributed by atoms with Crippen molar-refractivity contribution in [3.8, 4) is 6.07 Å². The van der Waals surface area contributed by atoms with Crippen LogP contribution in [0.5, 0.6) is 0 Å². The number of benzene rings is 2. The Morgan fingerprint density at radius 1 is 1.27 bits per heavy atom. The number of hydrogen-bond acceptors (Lipinski definition) is 4. The van der Waals surface area contributed by atoms with Gasteiger partial charge in [-0.1, -0.05) is 18.2 Å². The third-order valence-electron chi connectivity index (χ3n) is 5.33. The highest BCUT2D eigenvalue weighted by Gasteiger charge is 2.28. The van der Waals surface area contributed by atoms with Gasteiger partial charge in [0, 0.05) is 45.0 Å². The van der Waals surface area contributed by atoms with Gasteiger partial charge in [0.25, 0.3) is 0 Å². The number of hydrogen-bond donors (Lipinski definition) is 1. The third-order valence-corrected chi connectivity index (χ3v) is 5.33. The van der Waals surface area contributed by atoms with Gasteiger partial charge in [0.1, 0.15) is 5.82 Å². The molecule has 0 spiro atoms. The summed E-state index contributed by atoms with van der Waals surface area (Å²) in [5.41, 5.74) is 2.23. The number of nitriles is 1. The molecule has 0 bridgehead atoms. The van der Waals surface area contributed by atoms with E-state index in [1.165, 1.54) is 12.1 Å². The molecule has 0 aromatic heterocycles. The van der Waals surface area contributed by atoms with E-state index in [1.54, 1.807) is 30.2 Å². The number of carbonyl (C=O) groups is 1. The molecule has 1 saturated heterocycles. The minimum atomic E-state index is -0.384. The SMILES string of the molecule is COCCN(C(=O)Nc1cccc(F)c1)C1CCN(Cc2cccc(C#N)c2)CC1. The van der Waals surface area contributed by atoms with Gasteiger partial charge in [0.2, 0.25) is 0 Å². The van der Waals surface area contributed by atoms with Crippen molar-refractivity contribution >= 4 is 11.7 Å². The van der Waals surface area contributed by atoms with Crippen LogP contribution in [0, 0.1) is 17.1 Å². The number of ether oxygens (including phenoxy) is 1. The molecule has 0 aliphatic carbocycles. The van der Waals surface area contributed by atoms with Gasteiger partial charge in [-0.15, -0.1) is 0 Å². The molecule has 1 fully saturated rings. The van der Waals surface area contributed by atoms with Gasteiger partial charge in [-0.05, 0) is 48.7 Å². The second kappa shape index (κ2) is 10.7. The molecule has 0 unspecified atom stereocenters.